The lowest BCUT2D eigenvalue weighted by atomic mass is 9.62. The zero-order valence-electron chi connectivity index (χ0n) is 17.7. The van der Waals surface area contributed by atoms with E-state index in [1.165, 1.54) is 16.8 Å². The highest BCUT2D eigenvalue weighted by Gasteiger charge is 2.44. The van der Waals surface area contributed by atoms with E-state index in [9.17, 15) is 0 Å². The van der Waals surface area contributed by atoms with Crippen molar-refractivity contribution in [3.63, 3.8) is 0 Å². The Morgan fingerprint density at radius 3 is 2.12 bits per heavy atom. The molecule has 0 N–H and O–H groups in total. The molecule has 1 atom stereocenters. The highest BCUT2D eigenvalue weighted by molar-refractivity contribution is 5.35. The van der Waals surface area contributed by atoms with Gasteiger partial charge in [0.05, 0.1) is 0 Å². The van der Waals surface area contributed by atoms with Crippen molar-refractivity contribution < 1.29 is 0 Å². The zero-order chi connectivity index (χ0) is 19.5. The first-order chi connectivity index (χ1) is 12.2. The van der Waals surface area contributed by atoms with Crippen molar-refractivity contribution in [1.82, 2.24) is 4.90 Å². The Kier molecular flexibility index (Phi) is 6.21. The van der Waals surface area contributed by atoms with Crippen molar-refractivity contribution >= 4 is 0 Å². The molecule has 0 radical (unpaired) electrons. The molecule has 1 aromatic carbocycles. The first-order valence-corrected chi connectivity index (χ1v) is 9.99. The average molecular weight is 352 g/mol. The van der Waals surface area contributed by atoms with Crippen LogP contribution < -0.4 is 0 Å². The Labute approximate surface area is 161 Å². The summed E-state index contributed by atoms with van der Waals surface area (Å²) < 4.78 is 0. The number of hydrogen-bond acceptors (Lipinski definition) is 1. The summed E-state index contributed by atoms with van der Waals surface area (Å²) in [6.07, 6.45) is 9.36. The maximum Gasteiger partial charge on any atom is 0.0374 e. The number of fused-ring (bicyclic) bond motifs is 1. The summed E-state index contributed by atoms with van der Waals surface area (Å²) in [5, 5.41) is 0. The molecule has 0 aliphatic heterocycles. The van der Waals surface area contributed by atoms with Gasteiger partial charge in [-0.15, -0.1) is 0 Å². The fourth-order valence-electron chi connectivity index (χ4n) is 4.23. The van der Waals surface area contributed by atoms with Crippen LogP contribution >= 0.6 is 0 Å². The first-order valence-electron chi connectivity index (χ1n) is 9.99. The van der Waals surface area contributed by atoms with Gasteiger partial charge in [0.25, 0.3) is 0 Å². The van der Waals surface area contributed by atoms with Gasteiger partial charge in [-0.1, -0.05) is 84.5 Å². The van der Waals surface area contributed by atoms with Crippen LogP contribution in [0.1, 0.15) is 59.1 Å². The van der Waals surface area contributed by atoms with Crippen molar-refractivity contribution in [2.75, 3.05) is 0 Å². The molecule has 26 heavy (non-hydrogen) atoms. The summed E-state index contributed by atoms with van der Waals surface area (Å²) >= 11 is 0. The molecule has 0 bridgehead atoms. The normalized spacial score (nSPS) is 16.9. The molecule has 0 spiro atoms. The maximum absolute atomic E-state index is 4.11. The van der Waals surface area contributed by atoms with E-state index in [0.29, 0.717) is 12.1 Å². The molecule has 0 fully saturated rings. The fraction of sp³-hybridized carbons (Fsp3) is 0.520. The molecule has 1 aliphatic carbocycles. The number of benzene rings is 1. The topological polar surface area (TPSA) is 3.24 Å². The van der Waals surface area contributed by atoms with Gasteiger partial charge in [-0.2, -0.15) is 0 Å². The van der Waals surface area contributed by atoms with Crippen LogP contribution in [0.25, 0.3) is 0 Å². The lowest BCUT2D eigenvalue weighted by molar-refractivity contribution is 0.00175. The predicted octanol–water partition coefficient (Wildman–Crippen LogP) is 6.56. The summed E-state index contributed by atoms with van der Waals surface area (Å²) in [6, 6.07) is 9.74. The maximum atomic E-state index is 4.11. The molecule has 0 amide bonds. The van der Waals surface area contributed by atoms with E-state index in [1.807, 2.05) is 12.2 Å². The Morgan fingerprint density at radius 2 is 1.69 bits per heavy atom. The zero-order valence-corrected chi connectivity index (χ0v) is 17.7. The molecule has 0 saturated carbocycles. The molecule has 0 saturated heterocycles. The van der Waals surface area contributed by atoms with Crippen LogP contribution in [0.3, 0.4) is 0 Å². The second-order valence-corrected chi connectivity index (χ2v) is 8.90. The third-order valence-electron chi connectivity index (χ3n) is 7.31. The van der Waals surface area contributed by atoms with Gasteiger partial charge in [-0.05, 0) is 53.9 Å². The molecule has 1 unspecified atom stereocenters. The van der Waals surface area contributed by atoms with Crippen molar-refractivity contribution in [3.8, 4) is 0 Å². The Morgan fingerprint density at radius 1 is 1.15 bits per heavy atom. The number of hydrogen-bond donors (Lipinski definition) is 0. The molecule has 1 nitrogen and oxygen atoms in total. The standard InChI is InChI=1S/C25H37N/c1-9-14-22(10-2)26(19(4)25(7,8)24(5,6)11-3)23-17-20-15-12-13-16-21(20)18-23/h9-10,12-16,19,23H,1-2,11,17-18H2,3-8H3/b22-14+. The molecule has 1 aromatic rings. The van der Waals surface area contributed by atoms with Gasteiger partial charge < -0.3 is 4.90 Å². The van der Waals surface area contributed by atoms with Crippen LogP contribution in [0.4, 0.5) is 0 Å². The summed E-state index contributed by atoms with van der Waals surface area (Å²) in [5.74, 6) is 0. The Bertz CT molecular complexity index is 652. The highest BCUT2D eigenvalue weighted by atomic mass is 15.2. The molecule has 142 valence electrons. The van der Waals surface area contributed by atoms with Gasteiger partial charge in [0, 0.05) is 17.8 Å². The Hall–Kier alpha value is -1.76. The van der Waals surface area contributed by atoms with E-state index in [-0.39, 0.29) is 10.8 Å². The van der Waals surface area contributed by atoms with Gasteiger partial charge in [0.15, 0.2) is 0 Å². The quantitative estimate of drug-likeness (QED) is 0.479. The fourth-order valence-corrected chi connectivity index (χ4v) is 4.23. The SMILES string of the molecule is C=C/C=C(\C=C)N(C1Cc2ccccc2C1)C(C)C(C)(C)C(C)(C)CC. The Balaban J connectivity index is 2.44. The van der Waals surface area contributed by atoms with Crippen LogP contribution in [-0.4, -0.2) is 17.0 Å². The third-order valence-corrected chi connectivity index (χ3v) is 7.31. The minimum Gasteiger partial charge on any atom is -0.365 e. The van der Waals surface area contributed by atoms with E-state index < -0.39 is 0 Å². The van der Waals surface area contributed by atoms with E-state index in [1.54, 1.807) is 0 Å². The van der Waals surface area contributed by atoms with E-state index in [2.05, 4.69) is 89.9 Å². The average Bonchev–Trinajstić information content (AvgIpc) is 3.04. The third kappa shape index (κ3) is 3.68. The summed E-state index contributed by atoms with van der Waals surface area (Å²) in [7, 11) is 0. The van der Waals surface area contributed by atoms with Gasteiger partial charge >= 0.3 is 0 Å². The largest absolute Gasteiger partial charge is 0.365 e. The summed E-state index contributed by atoms with van der Waals surface area (Å²) in [5.41, 5.74) is 4.56. The molecular formula is C25H37N. The summed E-state index contributed by atoms with van der Waals surface area (Å²) in [4.78, 5) is 2.62. The minimum atomic E-state index is 0.153. The van der Waals surface area contributed by atoms with Gasteiger partial charge in [-0.25, -0.2) is 0 Å². The second kappa shape index (κ2) is 7.86. The van der Waals surface area contributed by atoms with Crippen molar-refractivity contribution in [2.24, 2.45) is 10.8 Å². The van der Waals surface area contributed by atoms with Gasteiger partial charge in [-0.3, -0.25) is 0 Å². The predicted molar refractivity (Wildman–Crippen MR) is 115 cm³/mol. The van der Waals surface area contributed by atoms with Crippen molar-refractivity contribution in [2.45, 2.75) is 72.9 Å². The van der Waals surface area contributed by atoms with Gasteiger partial charge in [0.1, 0.15) is 0 Å². The van der Waals surface area contributed by atoms with E-state index >= 15 is 0 Å². The smallest absolute Gasteiger partial charge is 0.0374 e. The van der Waals surface area contributed by atoms with E-state index in [0.717, 1.165) is 19.3 Å². The first kappa shape index (κ1) is 20.6. The monoisotopic (exact) mass is 351 g/mol. The molecule has 0 heterocycles. The lowest BCUT2D eigenvalue weighted by Crippen LogP contribution is -2.53. The van der Waals surface area contributed by atoms with Crippen LogP contribution in [0.15, 0.2) is 61.3 Å². The molecule has 0 aromatic heterocycles. The minimum absolute atomic E-state index is 0.153. The second-order valence-electron chi connectivity index (χ2n) is 8.90. The molecule has 1 heteroatoms. The molecule has 2 rings (SSSR count). The highest BCUT2D eigenvalue weighted by Crippen LogP contribution is 2.47. The van der Waals surface area contributed by atoms with Crippen LogP contribution in [-0.2, 0) is 12.8 Å². The van der Waals surface area contributed by atoms with Gasteiger partial charge in [0.2, 0.25) is 0 Å². The van der Waals surface area contributed by atoms with E-state index in [4.69, 9.17) is 0 Å². The van der Waals surface area contributed by atoms with Crippen molar-refractivity contribution in [3.05, 3.63) is 72.5 Å². The van der Waals surface area contributed by atoms with Crippen LogP contribution in [0, 0.1) is 10.8 Å². The molecule has 1 aliphatic rings. The summed E-state index contributed by atoms with van der Waals surface area (Å²) in [6.45, 7) is 22.4. The number of rotatable bonds is 8. The van der Waals surface area contributed by atoms with Crippen LogP contribution in [0.2, 0.25) is 0 Å². The number of nitrogens with zero attached hydrogens (tertiary/aromatic N) is 1. The lowest BCUT2D eigenvalue weighted by Gasteiger charge is -2.52. The van der Waals surface area contributed by atoms with Crippen LogP contribution in [0.5, 0.6) is 0 Å². The number of allylic oxidation sites excluding steroid dienone is 3. The molecular weight excluding hydrogens is 314 g/mol. The van der Waals surface area contributed by atoms with Crippen molar-refractivity contribution in [1.29, 1.82) is 0 Å².